The fourth-order valence-electron chi connectivity index (χ4n) is 3.57. The second-order valence-corrected chi connectivity index (χ2v) is 5.71. The van der Waals surface area contributed by atoms with E-state index in [0.29, 0.717) is 18.5 Å². The summed E-state index contributed by atoms with van der Waals surface area (Å²) in [5.74, 6) is 0. The highest BCUT2D eigenvalue weighted by atomic mass is 15.2. The van der Waals surface area contributed by atoms with Crippen molar-refractivity contribution >= 4 is 0 Å². The molecule has 17 heavy (non-hydrogen) atoms. The van der Waals surface area contributed by atoms with Gasteiger partial charge in [0.25, 0.3) is 0 Å². The molecule has 0 aromatic heterocycles. The molecule has 0 spiro atoms. The van der Waals surface area contributed by atoms with Crippen LogP contribution >= 0.6 is 0 Å². The Morgan fingerprint density at radius 2 is 2.00 bits per heavy atom. The summed E-state index contributed by atoms with van der Waals surface area (Å²) >= 11 is 0. The molecule has 3 unspecified atom stereocenters. The molecule has 3 atom stereocenters. The van der Waals surface area contributed by atoms with Crippen LogP contribution in [-0.4, -0.2) is 35.6 Å². The summed E-state index contributed by atoms with van der Waals surface area (Å²) < 4.78 is 0. The molecule has 2 rings (SSSR count). The third-order valence-electron chi connectivity index (χ3n) is 4.35. The Morgan fingerprint density at radius 3 is 2.53 bits per heavy atom. The summed E-state index contributed by atoms with van der Waals surface area (Å²) in [5.41, 5.74) is 0. The predicted molar refractivity (Wildman–Crippen MR) is 69.7 cm³/mol. The minimum atomic E-state index is 0.419. The van der Waals surface area contributed by atoms with E-state index in [0.717, 1.165) is 18.6 Å². The van der Waals surface area contributed by atoms with Crippen LogP contribution in [0.25, 0.3) is 0 Å². The lowest BCUT2D eigenvalue weighted by molar-refractivity contribution is 0.103. The molecule has 0 aliphatic carbocycles. The van der Waals surface area contributed by atoms with Crippen molar-refractivity contribution in [2.45, 2.75) is 76.5 Å². The monoisotopic (exact) mass is 235 g/mol. The standard InChI is InChI=1S/C14H25N3/c1-3-8-17(11(2)6-7-15)14-9-12-4-5-13(10-14)16-12/h11-14,16H,3-6,8-10H2,1-2H3. The molecule has 2 aliphatic rings. The van der Waals surface area contributed by atoms with Crippen molar-refractivity contribution in [1.29, 1.82) is 5.26 Å². The lowest BCUT2D eigenvalue weighted by Crippen LogP contribution is -2.51. The molecule has 3 heteroatoms. The number of fused-ring (bicyclic) bond motifs is 2. The van der Waals surface area contributed by atoms with Crippen molar-refractivity contribution in [3.05, 3.63) is 0 Å². The van der Waals surface area contributed by atoms with Crippen molar-refractivity contribution in [1.82, 2.24) is 10.2 Å². The molecule has 2 heterocycles. The van der Waals surface area contributed by atoms with E-state index in [4.69, 9.17) is 5.26 Å². The molecule has 2 aliphatic heterocycles. The van der Waals surface area contributed by atoms with Crippen molar-refractivity contribution in [2.75, 3.05) is 6.54 Å². The Hall–Kier alpha value is -0.590. The van der Waals surface area contributed by atoms with Crippen molar-refractivity contribution in [3.63, 3.8) is 0 Å². The average Bonchev–Trinajstić information content (AvgIpc) is 2.65. The highest BCUT2D eigenvalue weighted by molar-refractivity contribution is 4.97. The second kappa shape index (κ2) is 5.84. The van der Waals surface area contributed by atoms with E-state index < -0.39 is 0 Å². The zero-order valence-electron chi connectivity index (χ0n) is 11.2. The van der Waals surface area contributed by atoms with E-state index in [2.05, 4.69) is 30.1 Å². The van der Waals surface area contributed by atoms with Crippen LogP contribution < -0.4 is 5.32 Å². The third-order valence-corrected chi connectivity index (χ3v) is 4.35. The van der Waals surface area contributed by atoms with Gasteiger partial charge in [-0.25, -0.2) is 0 Å². The zero-order valence-corrected chi connectivity index (χ0v) is 11.2. The van der Waals surface area contributed by atoms with Gasteiger partial charge in [-0.2, -0.15) is 5.26 Å². The summed E-state index contributed by atoms with van der Waals surface area (Å²) in [4.78, 5) is 2.59. The molecular formula is C14H25N3. The third kappa shape index (κ3) is 3.00. The zero-order chi connectivity index (χ0) is 12.3. The van der Waals surface area contributed by atoms with Gasteiger partial charge in [-0.05, 0) is 45.6 Å². The molecule has 0 aromatic rings. The quantitative estimate of drug-likeness (QED) is 0.794. The van der Waals surface area contributed by atoms with E-state index in [-0.39, 0.29) is 0 Å². The van der Waals surface area contributed by atoms with E-state index >= 15 is 0 Å². The molecule has 0 saturated carbocycles. The van der Waals surface area contributed by atoms with Gasteiger partial charge in [-0.3, -0.25) is 4.90 Å². The highest BCUT2D eigenvalue weighted by Crippen LogP contribution is 2.31. The maximum absolute atomic E-state index is 8.88. The van der Waals surface area contributed by atoms with Gasteiger partial charge in [-0.1, -0.05) is 6.92 Å². The smallest absolute Gasteiger partial charge is 0.0638 e. The van der Waals surface area contributed by atoms with Gasteiger partial charge in [-0.15, -0.1) is 0 Å². The van der Waals surface area contributed by atoms with Crippen LogP contribution in [0, 0.1) is 11.3 Å². The largest absolute Gasteiger partial charge is 0.311 e. The first-order valence-corrected chi connectivity index (χ1v) is 7.13. The van der Waals surface area contributed by atoms with Gasteiger partial charge in [0, 0.05) is 24.2 Å². The van der Waals surface area contributed by atoms with E-state index in [1.54, 1.807) is 0 Å². The van der Waals surface area contributed by atoms with Crippen LogP contribution in [-0.2, 0) is 0 Å². The topological polar surface area (TPSA) is 39.1 Å². The summed E-state index contributed by atoms with van der Waals surface area (Å²) in [6.07, 6.45) is 7.13. The van der Waals surface area contributed by atoms with Crippen LogP contribution in [0.3, 0.4) is 0 Å². The number of piperidine rings is 1. The van der Waals surface area contributed by atoms with Gasteiger partial charge in [0.1, 0.15) is 0 Å². The van der Waals surface area contributed by atoms with Gasteiger partial charge in [0.15, 0.2) is 0 Å². The van der Waals surface area contributed by atoms with Crippen LogP contribution in [0.1, 0.15) is 52.4 Å². The molecule has 2 saturated heterocycles. The average molecular weight is 235 g/mol. The Balaban J connectivity index is 1.98. The highest BCUT2D eigenvalue weighted by Gasteiger charge is 2.36. The van der Waals surface area contributed by atoms with Crippen molar-refractivity contribution in [3.8, 4) is 6.07 Å². The molecule has 0 aromatic carbocycles. The summed E-state index contributed by atoms with van der Waals surface area (Å²) in [7, 11) is 0. The first-order valence-electron chi connectivity index (χ1n) is 7.13. The number of nitrogens with one attached hydrogen (secondary N) is 1. The van der Waals surface area contributed by atoms with Crippen LogP contribution in [0.2, 0.25) is 0 Å². The molecule has 0 radical (unpaired) electrons. The molecular weight excluding hydrogens is 210 g/mol. The second-order valence-electron chi connectivity index (χ2n) is 5.71. The molecule has 3 nitrogen and oxygen atoms in total. The van der Waals surface area contributed by atoms with Crippen molar-refractivity contribution < 1.29 is 0 Å². The van der Waals surface area contributed by atoms with Gasteiger partial charge in [0.05, 0.1) is 12.5 Å². The molecule has 1 N–H and O–H groups in total. The Labute approximate surface area is 105 Å². The maximum Gasteiger partial charge on any atom is 0.0638 e. The number of nitriles is 1. The minimum absolute atomic E-state index is 0.419. The van der Waals surface area contributed by atoms with Crippen LogP contribution in [0.15, 0.2) is 0 Å². The van der Waals surface area contributed by atoms with E-state index in [1.165, 1.54) is 32.1 Å². The summed E-state index contributed by atoms with van der Waals surface area (Å²) in [5, 5.41) is 12.6. The van der Waals surface area contributed by atoms with Crippen LogP contribution in [0.5, 0.6) is 0 Å². The SMILES string of the molecule is CCCN(C(C)CC#N)C1CC2CCC(C1)N2. The fourth-order valence-corrected chi connectivity index (χ4v) is 3.57. The van der Waals surface area contributed by atoms with Crippen molar-refractivity contribution in [2.24, 2.45) is 0 Å². The Kier molecular flexibility index (Phi) is 4.42. The van der Waals surface area contributed by atoms with Gasteiger partial charge >= 0.3 is 0 Å². The fraction of sp³-hybridized carbons (Fsp3) is 0.929. The number of rotatable bonds is 5. The molecule has 0 amide bonds. The maximum atomic E-state index is 8.88. The predicted octanol–water partition coefficient (Wildman–Crippen LogP) is 2.28. The first-order chi connectivity index (χ1) is 8.24. The number of nitrogens with zero attached hydrogens (tertiary/aromatic N) is 2. The lowest BCUT2D eigenvalue weighted by Gasteiger charge is -2.40. The Bertz CT molecular complexity index is 272. The molecule has 2 fully saturated rings. The molecule has 2 bridgehead atoms. The minimum Gasteiger partial charge on any atom is -0.311 e. The summed E-state index contributed by atoms with van der Waals surface area (Å²) in [6.45, 7) is 5.59. The first kappa shape index (κ1) is 12.9. The summed E-state index contributed by atoms with van der Waals surface area (Å²) in [6, 6.07) is 4.94. The van der Waals surface area contributed by atoms with Gasteiger partial charge < -0.3 is 5.32 Å². The lowest BCUT2D eigenvalue weighted by atomic mass is 9.96. The van der Waals surface area contributed by atoms with Crippen LogP contribution in [0.4, 0.5) is 0 Å². The normalized spacial score (nSPS) is 33.6. The van der Waals surface area contributed by atoms with E-state index in [9.17, 15) is 0 Å². The molecule has 96 valence electrons. The number of hydrogen-bond donors (Lipinski definition) is 1. The number of hydrogen-bond acceptors (Lipinski definition) is 3. The van der Waals surface area contributed by atoms with E-state index in [1.807, 2.05) is 0 Å². The van der Waals surface area contributed by atoms with Gasteiger partial charge in [0.2, 0.25) is 0 Å². The Morgan fingerprint density at radius 1 is 1.35 bits per heavy atom.